The number of aromatic nitrogens is 1. The van der Waals surface area contributed by atoms with E-state index in [4.69, 9.17) is 14.0 Å². The van der Waals surface area contributed by atoms with Crippen LogP contribution in [0.25, 0.3) is 0 Å². The van der Waals surface area contributed by atoms with E-state index in [0.29, 0.717) is 17.9 Å². The van der Waals surface area contributed by atoms with Gasteiger partial charge in [0, 0.05) is 6.42 Å². The largest absolute Gasteiger partial charge is 0.497 e. The maximum atomic E-state index is 13.1. The normalized spacial score (nSPS) is 15.4. The third-order valence-electron chi connectivity index (χ3n) is 5.34. The number of esters is 1. The summed E-state index contributed by atoms with van der Waals surface area (Å²) in [5, 5.41) is 9.72. The molecule has 0 bridgehead atoms. The molecule has 0 N–H and O–H groups in total. The molecular weight excluding hydrogens is 410 g/mol. The van der Waals surface area contributed by atoms with Crippen molar-refractivity contribution in [3.8, 4) is 5.75 Å². The third-order valence-corrected chi connectivity index (χ3v) is 5.34. The highest BCUT2D eigenvalue weighted by atomic mass is 16.5. The predicted molar refractivity (Wildman–Crippen MR) is 116 cm³/mol. The number of hydrogen-bond donors (Lipinski definition) is 0. The van der Waals surface area contributed by atoms with E-state index in [1.54, 1.807) is 21.0 Å². The molecule has 1 atom stereocenters. The van der Waals surface area contributed by atoms with E-state index in [1.165, 1.54) is 5.01 Å². The maximum Gasteiger partial charge on any atom is 0.344 e. The summed E-state index contributed by atoms with van der Waals surface area (Å²) in [5.41, 5.74) is 3.29. The highest BCUT2D eigenvalue weighted by molar-refractivity contribution is 6.03. The molecule has 2 aromatic carbocycles. The summed E-state index contributed by atoms with van der Waals surface area (Å²) < 4.78 is 15.5. The number of aryl methyl sites for hydroxylation is 2. The number of benzene rings is 2. The van der Waals surface area contributed by atoms with Crippen LogP contribution in [0, 0.1) is 13.8 Å². The number of amides is 1. The lowest BCUT2D eigenvalue weighted by Gasteiger charge is -2.22. The molecule has 0 fully saturated rings. The van der Waals surface area contributed by atoms with Crippen LogP contribution in [-0.2, 0) is 9.53 Å². The van der Waals surface area contributed by atoms with Gasteiger partial charge in [-0.1, -0.05) is 47.6 Å². The molecule has 0 saturated carbocycles. The summed E-state index contributed by atoms with van der Waals surface area (Å²) in [6.45, 7) is 2.82. The summed E-state index contributed by atoms with van der Waals surface area (Å²) in [5.74, 6) is 0.00254. The van der Waals surface area contributed by atoms with Gasteiger partial charge in [-0.15, -0.1) is 0 Å². The van der Waals surface area contributed by atoms with Gasteiger partial charge in [-0.05, 0) is 37.1 Å². The van der Waals surface area contributed by atoms with Gasteiger partial charge in [0.1, 0.15) is 17.1 Å². The van der Waals surface area contributed by atoms with Gasteiger partial charge in [-0.3, -0.25) is 4.79 Å². The summed E-state index contributed by atoms with van der Waals surface area (Å²) in [4.78, 5) is 25.5. The minimum absolute atomic E-state index is 0.236. The molecule has 1 unspecified atom stereocenters. The minimum atomic E-state index is -0.651. The minimum Gasteiger partial charge on any atom is -0.497 e. The Hall–Kier alpha value is -3.94. The molecule has 164 valence electrons. The first-order valence-corrected chi connectivity index (χ1v) is 10.2. The molecule has 1 aromatic heterocycles. The van der Waals surface area contributed by atoms with Gasteiger partial charge in [0.25, 0.3) is 5.91 Å². The number of rotatable bonds is 6. The smallest absolute Gasteiger partial charge is 0.344 e. The van der Waals surface area contributed by atoms with E-state index in [2.05, 4.69) is 10.3 Å². The number of hydrazone groups is 1. The molecular formula is C24H23N3O5. The lowest BCUT2D eigenvalue weighted by molar-refractivity contribution is -0.136. The molecule has 2 heterocycles. The first kappa shape index (κ1) is 21.3. The number of hydrogen-bond acceptors (Lipinski definition) is 7. The Bertz CT molecular complexity index is 1130. The number of nitrogens with zero attached hydrogens (tertiary/aromatic N) is 3. The second-order valence-corrected chi connectivity index (χ2v) is 7.42. The van der Waals surface area contributed by atoms with Crippen LogP contribution < -0.4 is 4.74 Å². The molecule has 3 aromatic rings. The number of ether oxygens (including phenoxy) is 2. The van der Waals surface area contributed by atoms with Crippen molar-refractivity contribution in [2.24, 2.45) is 5.10 Å². The third kappa shape index (κ3) is 4.25. The van der Waals surface area contributed by atoms with Gasteiger partial charge in [0.05, 0.1) is 24.6 Å². The van der Waals surface area contributed by atoms with Crippen LogP contribution in [0.4, 0.5) is 0 Å². The van der Waals surface area contributed by atoms with Crippen LogP contribution in [0.3, 0.4) is 0 Å². The van der Waals surface area contributed by atoms with Crippen LogP contribution in [0.5, 0.6) is 5.75 Å². The average Bonchev–Trinajstić information content (AvgIpc) is 3.41. The Kier molecular flexibility index (Phi) is 6.02. The van der Waals surface area contributed by atoms with Crippen molar-refractivity contribution in [3.05, 3.63) is 82.7 Å². The van der Waals surface area contributed by atoms with Crippen LogP contribution >= 0.6 is 0 Å². The highest BCUT2D eigenvalue weighted by Gasteiger charge is 2.34. The summed E-state index contributed by atoms with van der Waals surface area (Å²) in [7, 11) is 1.60. The van der Waals surface area contributed by atoms with Crippen molar-refractivity contribution in [1.29, 1.82) is 0 Å². The van der Waals surface area contributed by atoms with E-state index in [9.17, 15) is 9.59 Å². The monoisotopic (exact) mass is 433 g/mol. The average molecular weight is 433 g/mol. The van der Waals surface area contributed by atoms with Crippen molar-refractivity contribution < 1.29 is 23.6 Å². The van der Waals surface area contributed by atoms with Gasteiger partial charge >= 0.3 is 5.97 Å². The second-order valence-electron chi connectivity index (χ2n) is 7.42. The first-order chi connectivity index (χ1) is 15.5. The van der Waals surface area contributed by atoms with E-state index in [1.807, 2.05) is 54.6 Å². The van der Waals surface area contributed by atoms with Crippen LogP contribution in [0.2, 0.25) is 0 Å². The molecule has 8 heteroatoms. The van der Waals surface area contributed by atoms with Crippen molar-refractivity contribution >= 4 is 17.6 Å². The number of carbonyl (C=O) groups is 2. The lowest BCUT2D eigenvalue weighted by atomic mass is 9.98. The molecule has 0 aliphatic carbocycles. The Labute approximate surface area is 185 Å². The molecule has 1 aliphatic heterocycles. The topological polar surface area (TPSA) is 94.2 Å². The predicted octanol–water partition coefficient (Wildman–Crippen LogP) is 3.83. The van der Waals surface area contributed by atoms with Crippen molar-refractivity contribution in [2.75, 3.05) is 13.7 Å². The molecule has 8 nitrogen and oxygen atoms in total. The molecule has 1 aliphatic rings. The zero-order chi connectivity index (χ0) is 22.7. The van der Waals surface area contributed by atoms with Crippen LogP contribution in [-0.4, -0.2) is 41.5 Å². The quantitative estimate of drug-likeness (QED) is 0.549. The molecule has 1 amide bonds. The van der Waals surface area contributed by atoms with Crippen LogP contribution in [0.1, 0.15) is 45.4 Å². The van der Waals surface area contributed by atoms with Gasteiger partial charge in [0.15, 0.2) is 6.61 Å². The fourth-order valence-corrected chi connectivity index (χ4v) is 3.67. The van der Waals surface area contributed by atoms with Crippen molar-refractivity contribution in [1.82, 2.24) is 10.2 Å². The first-order valence-electron chi connectivity index (χ1n) is 10.2. The molecule has 0 saturated heterocycles. The molecule has 4 rings (SSSR count). The van der Waals surface area contributed by atoms with Gasteiger partial charge < -0.3 is 14.0 Å². The summed E-state index contributed by atoms with van der Waals surface area (Å²) in [6.07, 6.45) is 0.542. The molecule has 0 spiro atoms. The second kappa shape index (κ2) is 9.05. The van der Waals surface area contributed by atoms with Gasteiger partial charge in [-0.25, -0.2) is 9.80 Å². The standard InChI is InChI=1S/C24H23N3O5/c1-15-23(16(2)32-26-15)24(29)31-14-22(28)27-21(18-9-11-19(30-3)12-10-18)13-20(25-27)17-7-5-4-6-8-17/h4-12,21H,13-14H2,1-3H3. The van der Waals surface area contributed by atoms with Crippen molar-refractivity contribution in [2.45, 2.75) is 26.3 Å². The fourth-order valence-electron chi connectivity index (χ4n) is 3.67. The van der Waals surface area contributed by atoms with Gasteiger partial charge in [-0.2, -0.15) is 5.10 Å². The van der Waals surface area contributed by atoms with E-state index >= 15 is 0 Å². The Morgan fingerprint density at radius 2 is 1.81 bits per heavy atom. The van der Waals surface area contributed by atoms with E-state index < -0.39 is 18.5 Å². The lowest BCUT2D eigenvalue weighted by Crippen LogP contribution is -2.31. The van der Waals surface area contributed by atoms with Gasteiger partial charge in [0.2, 0.25) is 0 Å². The highest BCUT2D eigenvalue weighted by Crippen LogP contribution is 2.33. The Balaban J connectivity index is 1.55. The summed E-state index contributed by atoms with van der Waals surface area (Å²) in [6, 6.07) is 16.9. The molecule has 0 radical (unpaired) electrons. The Morgan fingerprint density at radius 1 is 1.09 bits per heavy atom. The SMILES string of the molecule is COc1ccc(C2CC(c3ccccc3)=NN2C(=O)COC(=O)c2c(C)noc2C)cc1. The van der Waals surface area contributed by atoms with Crippen LogP contribution in [0.15, 0.2) is 64.2 Å². The van der Waals surface area contributed by atoms with E-state index in [-0.39, 0.29) is 11.6 Å². The fraction of sp³-hybridized carbons (Fsp3) is 0.250. The van der Waals surface area contributed by atoms with E-state index in [0.717, 1.165) is 22.6 Å². The molecule has 32 heavy (non-hydrogen) atoms. The maximum absolute atomic E-state index is 13.1. The number of carbonyl (C=O) groups excluding carboxylic acids is 2. The zero-order valence-corrected chi connectivity index (χ0v) is 18.1. The Morgan fingerprint density at radius 3 is 2.44 bits per heavy atom. The summed E-state index contributed by atoms with van der Waals surface area (Å²) >= 11 is 0. The number of methoxy groups -OCH3 is 1. The van der Waals surface area contributed by atoms with Crippen molar-refractivity contribution in [3.63, 3.8) is 0 Å². The zero-order valence-electron chi connectivity index (χ0n) is 18.1.